The minimum Gasteiger partial charge on any atom is -0.497 e. The number of nitrogens with zero attached hydrogens (tertiary/aromatic N) is 2. The van der Waals surface area contributed by atoms with Crippen LogP contribution in [-0.2, 0) is 16.6 Å². The number of hydrogen-bond donors (Lipinski definition) is 1. The zero-order valence-electron chi connectivity index (χ0n) is 17.0. The van der Waals surface area contributed by atoms with Gasteiger partial charge in [-0.25, -0.2) is 13.4 Å². The van der Waals surface area contributed by atoms with Crippen LogP contribution in [-0.4, -0.2) is 32.0 Å². The number of aromatic nitrogens is 2. The standard InChI is InChI=1S/C22H21N3O5S/c1-28-18-7-9-19(10-8-18)31(26,27)24-16-6-11-20(29-2)21(13-16)30-15-17-14-25-12-4-3-5-22(25)23-17/h3-14,24H,15H2,1-2H3. The van der Waals surface area contributed by atoms with Crippen LogP contribution in [0.3, 0.4) is 0 Å². The average Bonchev–Trinajstić information content (AvgIpc) is 3.20. The molecule has 4 aromatic rings. The van der Waals surface area contributed by atoms with Gasteiger partial charge in [0.25, 0.3) is 10.0 Å². The van der Waals surface area contributed by atoms with E-state index >= 15 is 0 Å². The molecule has 0 unspecified atom stereocenters. The van der Waals surface area contributed by atoms with Gasteiger partial charge in [0.2, 0.25) is 0 Å². The third kappa shape index (κ3) is 4.56. The predicted molar refractivity (Wildman–Crippen MR) is 116 cm³/mol. The Morgan fingerprint density at radius 2 is 1.77 bits per heavy atom. The van der Waals surface area contributed by atoms with E-state index in [0.717, 1.165) is 11.3 Å². The van der Waals surface area contributed by atoms with Gasteiger partial charge in [-0.2, -0.15) is 0 Å². The van der Waals surface area contributed by atoms with Gasteiger partial charge in [0.05, 0.1) is 30.5 Å². The molecule has 1 N–H and O–H groups in total. The Bertz CT molecular complexity index is 1270. The van der Waals surface area contributed by atoms with Gasteiger partial charge in [0.15, 0.2) is 11.5 Å². The molecule has 0 bridgehead atoms. The van der Waals surface area contributed by atoms with Gasteiger partial charge in [-0.05, 0) is 48.5 Å². The summed E-state index contributed by atoms with van der Waals surface area (Å²) in [6.07, 6.45) is 3.78. The van der Waals surface area contributed by atoms with Crippen molar-refractivity contribution in [3.63, 3.8) is 0 Å². The van der Waals surface area contributed by atoms with Crippen molar-refractivity contribution in [2.75, 3.05) is 18.9 Å². The highest BCUT2D eigenvalue weighted by atomic mass is 32.2. The van der Waals surface area contributed by atoms with Crippen LogP contribution in [0.15, 0.2) is 78.0 Å². The maximum absolute atomic E-state index is 12.7. The number of pyridine rings is 1. The number of nitrogens with one attached hydrogen (secondary N) is 1. The third-order valence-electron chi connectivity index (χ3n) is 4.58. The molecule has 0 saturated carbocycles. The van der Waals surface area contributed by atoms with Gasteiger partial charge in [0.1, 0.15) is 18.0 Å². The largest absolute Gasteiger partial charge is 0.497 e. The lowest BCUT2D eigenvalue weighted by Crippen LogP contribution is -2.13. The first-order valence-electron chi connectivity index (χ1n) is 9.39. The molecule has 0 radical (unpaired) electrons. The predicted octanol–water partition coefficient (Wildman–Crippen LogP) is 3.73. The van der Waals surface area contributed by atoms with Gasteiger partial charge in [0, 0.05) is 18.5 Å². The lowest BCUT2D eigenvalue weighted by Gasteiger charge is -2.13. The van der Waals surface area contributed by atoms with Crippen molar-refractivity contribution < 1.29 is 22.6 Å². The van der Waals surface area contributed by atoms with Crippen LogP contribution in [0, 0.1) is 0 Å². The van der Waals surface area contributed by atoms with Crippen LogP contribution >= 0.6 is 0 Å². The molecule has 0 saturated heterocycles. The number of methoxy groups -OCH3 is 2. The number of fused-ring (bicyclic) bond motifs is 1. The van der Waals surface area contributed by atoms with Crippen molar-refractivity contribution in [1.82, 2.24) is 9.38 Å². The lowest BCUT2D eigenvalue weighted by molar-refractivity contribution is 0.281. The van der Waals surface area contributed by atoms with Gasteiger partial charge in [-0.1, -0.05) is 6.07 Å². The van der Waals surface area contributed by atoms with Crippen molar-refractivity contribution in [3.8, 4) is 17.2 Å². The summed E-state index contributed by atoms with van der Waals surface area (Å²) in [6.45, 7) is 0.201. The van der Waals surface area contributed by atoms with Crippen molar-refractivity contribution in [2.45, 2.75) is 11.5 Å². The molecule has 0 spiro atoms. The van der Waals surface area contributed by atoms with Crippen LogP contribution in [0.4, 0.5) is 5.69 Å². The Morgan fingerprint density at radius 1 is 0.968 bits per heavy atom. The van der Waals surface area contributed by atoms with E-state index in [1.165, 1.54) is 26.4 Å². The number of sulfonamides is 1. The van der Waals surface area contributed by atoms with Crippen LogP contribution in [0.2, 0.25) is 0 Å². The number of benzene rings is 2. The molecule has 0 aliphatic carbocycles. The Hall–Kier alpha value is -3.72. The molecule has 0 fully saturated rings. The second kappa shape index (κ2) is 8.57. The summed E-state index contributed by atoms with van der Waals surface area (Å²) in [7, 11) is -0.734. The van der Waals surface area contributed by atoms with E-state index in [0.29, 0.717) is 22.9 Å². The van der Waals surface area contributed by atoms with Gasteiger partial charge < -0.3 is 18.6 Å². The molecule has 0 amide bonds. The maximum atomic E-state index is 12.7. The summed E-state index contributed by atoms with van der Waals surface area (Å²) in [6, 6.07) is 16.7. The molecule has 9 heteroatoms. The highest BCUT2D eigenvalue weighted by molar-refractivity contribution is 7.92. The van der Waals surface area contributed by atoms with Crippen molar-refractivity contribution in [2.24, 2.45) is 0 Å². The fourth-order valence-corrected chi connectivity index (χ4v) is 4.08. The number of hydrogen-bond acceptors (Lipinski definition) is 6. The molecule has 0 aliphatic rings. The zero-order chi connectivity index (χ0) is 21.8. The second-order valence-corrected chi connectivity index (χ2v) is 8.32. The van der Waals surface area contributed by atoms with Crippen LogP contribution in [0.1, 0.15) is 5.69 Å². The summed E-state index contributed by atoms with van der Waals surface area (Å²) in [4.78, 5) is 4.62. The van der Waals surface area contributed by atoms with Gasteiger partial charge in [-0.3, -0.25) is 4.72 Å². The topological polar surface area (TPSA) is 91.2 Å². The van der Waals surface area contributed by atoms with Crippen LogP contribution < -0.4 is 18.9 Å². The van der Waals surface area contributed by atoms with E-state index in [1.807, 2.05) is 35.0 Å². The molecule has 4 rings (SSSR count). The van der Waals surface area contributed by atoms with Gasteiger partial charge in [-0.15, -0.1) is 0 Å². The first-order chi connectivity index (χ1) is 15.0. The highest BCUT2D eigenvalue weighted by Gasteiger charge is 2.16. The van der Waals surface area contributed by atoms with Crippen molar-refractivity contribution in [1.29, 1.82) is 0 Å². The average molecular weight is 439 g/mol. The highest BCUT2D eigenvalue weighted by Crippen LogP contribution is 2.32. The smallest absolute Gasteiger partial charge is 0.261 e. The molecule has 2 aromatic carbocycles. The number of rotatable bonds is 8. The number of anilines is 1. The van der Waals surface area contributed by atoms with Gasteiger partial charge >= 0.3 is 0 Å². The van der Waals surface area contributed by atoms with E-state index in [9.17, 15) is 8.42 Å². The van der Waals surface area contributed by atoms with E-state index in [1.54, 1.807) is 30.3 Å². The SMILES string of the molecule is COc1ccc(S(=O)(=O)Nc2ccc(OC)c(OCc3cn4ccccc4n3)c2)cc1. The quantitative estimate of drug-likeness (QED) is 0.450. The molecule has 31 heavy (non-hydrogen) atoms. The normalized spacial score (nSPS) is 11.3. The minimum atomic E-state index is -3.78. The summed E-state index contributed by atoms with van der Waals surface area (Å²) in [5, 5.41) is 0. The lowest BCUT2D eigenvalue weighted by atomic mass is 10.3. The molecule has 8 nitrogen and oxygen atoms in total. The molecule has 2 aromatic heterocycles. The van der Waals surface area contributed by atoms with Crippen LogP contribution in [0.5, 0.6) is 17.2 Å². The molecule has 0 aliphatic heterocycles. The van der Waals surface area contributed by atoms with Crippen molar-refractivity contribution >= 4 is 21.4 Å². The summed E-state index contributed by atoms with van der Waals surface area (Å²) >= 11 is 0. The molecular formula is C22H21N3O5S. The number of ether oxygens (including phenoxy) is 3. The monoisotopic (exact) mass is 439 g/mol. The first-order valence-corrected chi connectivity index (χ1v) is 10.9. The van der Waals surface area contributed by atoms with E-state index in [-0.39, 0.29) is 11.5 Å². The molecule has 2 heterocycles. The molecule has 0 atom stereocenters. The summed E-state index contributed by atoms with van der Waals surface area (Å²) < 4.78 is 46.2. The van der Waals surface area contributed by atoms with Crippen LogP contribution in [0.25, 0.3) is 5.65 Å². The Kier molecular flexibility index (Phi) is 5.68. The maximum Gasteiger partial charge on any atom is 0.261 e. The summed E-state index contributed by atoms with van der Waals surface area (Å²) in [5.41, 5.74) is 1.90. The van der Waals surface area contributed by atoms with E-state index < -0.39 is 10.0 Å². The Morgan fingerprint density at radius 3 is 2.48 bits per heavy atom. The fourth-order valence-electron chi connectivity index (χ4n) is 3.03. The number of imidazole rings is 1. The third-order valence-corrected chi connectivity index (χ3v) is 5.97. The first kappa shape index (κ1) is 20.5. The molecule has 160 valence electrons. The second-order valence-electron chi connectivity index (χ2n) is 6.63. The summed E-state index contributed by atoms with van der Waals surface area (Å²) in [5.74, 6) is 1.46. The minimum absolute atomic E-state index is 0.122. The van der Waals surface area contributed by atoms with E-state index in [4.69, 9.17) is 14.2 Å². The van der Waals surface area contributed by atoms with E-state index in [2.05, 4.69) is 9.71 Å². The molecular weight excluding hydrogens is 418 g/mol. The Labute approximate surface area is 180 Å². The zero-order valence-corrected chi connectivity index (χ0v) is 17.8. The fraction of sp³-hybridized carbons (Fsp3) is 0.136. The Balaban J connectivity index is 1.53. The van der Waals surface area contributed by atoms with Crippen molar-refractivity contribution in [3.05, 3.63) is 78.8 Å².